The van der Waals surface area contributed by atoms with E-state index in [9.17, 15) is 9.90 Å². The highest BCUT2D eigenvalue weighted by atomic mass is 79.9. The molecule has 5 nitrogen and oxygen atoms in total. The van der Waals surface area contributed by atoms with Gasteiger partial charge in [0, 0.05) is 22.5 Å². The molecule has 96 valence electrons. The minimum absolute atomic E-state index is 0.209. The van der Waals surface area contributed by atoms with Crippen LogP contribution < -0.4 is 5.32 Å². The topological polar surface area (TPSA) is 64.9 Å². The summed E-state index contributed by atoms with van der Waals surface area (Å²) in [5, 5.41) is 12.5. The van der Waals surface area contributed by atoms with E-state index in [0.29, 0.717) is 5.70 Å². The van der Waals surface area contributed by atoms with Gasteiger partial charge in [0.05, 0.1) is 5.70 Å². The number of halogens is 1. The first kappa shape index (κ1) is 12.0. The zero-order chi connectivity index (χ0) is 13.4. The molecule has 1 aromatic carbocycles. The van der Waals surface area contributed by atoms with Gasteiger partial charge >= 0.3 is 5.97 Å². The van der Waals surface area contributed by atoms with Crippen molar-refractivity contribution in [3.8, 4) is 0 Å². The molecule has 0 fully saturated rings. The van der Waals surface area contributed by atoms with E-state index in [2.05, 4.69) is 26.2 Å². The van der Waals surface area contributed by atoms with Crippen LogP contribution in [0.3, 0.4) is 0 Å². The number of hydrogen-bond acceptors (Lipinski definition) is 4. The van der Waals surface area contributed by atoms with Crippen molar-refractivity contribution in [2.75, 3.05) is 0 Å². The average Bonchev–Trinajstić information content (AvgIpc) is 2.78. The molecule has 2 heterocycles. The Balaban J connectivity index is 2.08. The van der Waals surface area contributed by atoms with Crippen LogP contribution in [0.25, 0.3) is 5.70 Å². The summed E-state index contributed by atoms with van der Waals surface area (Å²) in [5.74, 6) is -0.977. The number of fused-ring (bicyclic) bond motifs is 1. The predicted octanol–water partition coefficient (Wildman–Crippen LogP) is 1.99. The van der Waals surface area contributed by atoms with E-state index in [4.69, 9.17) is 0 Å². The molecule has 1 unspecified atom stereocenters. The van der Waals surface area contributed by atoms with Crippen LogP contribution in [0, 0.1) is 0 Å². The zero-order valence-corrected chi connectivity index (χ0v) is 11.3. The van der Waals surface area contributed by atoms with Crippen LogP contribution >= 0.6 is 15.9 Å². The number of nitrogens with zero attached hydrogens (tertiary/aromatic N) is 2. The summed E-state index contributed by atoms with van der Waals surface area (Å²) >= 11 is 3.36. The monoisotopic (exact) mass is 319 g/mol. The van der Waals surface area contributed by atoms with E-state index >= 15 is 0 Å². The van der Waals surface area contributed by atoms with Crippen LogP contribution in [0.15, 0.2) is 51.7 Å². The van der Waals surface area contributed by atoms with Crippen molar-refractivity contribution in [3.63, 3.8) is 0 Å². The van der Waals surface area contributed by atoms with Crippen LogP contribution in [0.5, 0.6) is 0 Å². The van der Waals surface area contributed by atoms with Gasteiger partial charge in [0.15, 0.2) is 5.70 Å². The second kappa shape index (κ2) is 4.55. The molecule has 1 atom stereocenters. The second-order valence-electron chi connectivity index (χ2n) is 4.10. The van der Waals surface area contributed by atoms with Crippen molar-refractivity contribution < 1.29 is 9.90 Å². The number of carboxylic acids is 1. The summed E-state index contributed by atoms with van der Waals surface area (Å²) in [4.78, 5) is 17.3. The number of hydrogen-bond donors (Lipinski definition) is 2. The van der Waals surface area contributed by atoms with Gasteiger partial charge in [0.2, 0.25) is 6.29 Å². The molecule has 0 saturated carbocycles. The van der Waals surface area contributed by atoms with Crippen LogP contribution in [0.2, 0.25) is 0 Å². The van der Waals surface area contributed by atoms with Crippen molar-refractivity contribution in [2.24, 2.45) is 4.99 Å². The first-order chi connectivity index (χ1) is 9.16. The maximum atomic E-state index is 11.5. The number of aliphatic carboxylic acids is 1. The van der Waals surface area contributed by atoms with Gasteiger partial charge < -0.3 is 15.3 Å². The molecule has 2 aliphatic heterocycles. The Morgan fingerprint density at radius 1 is 1.37 bits per heavy atom. The van der Waals surface area contributed by atoms with Crippen molar-refractivity contribution in [1.82, 2.24) is 10.2 Å². The Bertz CT molecular complexity index is 619. The van der Waals surface area contributed by atoms with E-state index in [1.54, 1.807) is 23.4 Å². The van der Waals surface area contributed by atoms with Crippen LogP contribution in [0.4, 0.5) is 0 Å². The molecule has 2 N–H and O–H groups in total. The number of carboxylic acid groups (broad SMARTS) is 1. The largest absolute Gasteiger partial charge is 0.477 e. The van der Waals surface area contributed by atoms with Crippen LogP contribution in [-0.4, -0.2) is 28.5 Å². The highest BCUT2D eigenvalue weighted by molar-refractivity contribution is 9.10. The molecular formula is C13H10BrN3O2. The molecule has 0 bridgehead atoms. The average molecular weight is 320 g/mol. The molecule has 0 aromatic heterocycles. The summed E-state index contributed by atoms with van der Waals surface area (Å²) in [6.45, 7) is 0. The number of nitrogens with one attached hydrogen (secondary N) is 1. The lowest BCUT2D eigenvalue weighted by atomic mass is 10.1. The Kier molecular flexibility index (Phi) is 2.87. The van der Waals surface area contributed by atoms with Gasteiger partial charge in [-0.25, -0.2) is 9.79 Å². The van der Waals surface area contributed by atoms with Crippen LogP contribution in [0.1, 0.15) is 5.56 Å². The van der Waals surface area contributed by atoms with Gasteiger partial charge in [-0.15, -0.1) is 0 Å². The van der Waals surface area contributed by atoms with Crippen LogP contribution in [-0.2, 0) is 4.79 Å². The smallest absolute Gasteiger partial charge is 0.354 e. The van der Waals surface area contributed by atoms with Gasteiger partial charge in [-0.05, 0) is 18.2 Å². The second-order valence-corrected chi connectivity index (χ2v) is 5.02. The van der Waals surface area contributed by atoms with Gasteiger partial charge in [0.1, 0.15) is 0 Å². The summed E-state index contributed by atoms with van der Waals surface area (Å²) in [7, 11) is 0. The lowest BCUT2D eigenvalue weighted by Gasteiger charge is -2.22. The molecule has 0 amide bonds. The van der Waals surface area contributed by atoms with Crippen molar-refractivity contribution in [2.45, 2.75) is 6.29 Å². The molecular weight excluding hydrogens is 310 g/mol. The predicted molar refractivity (Wildman–Crippen MR) is 75.1 cm³/mol. The lowest BCUT2D eigenvalue weighted by molar-refractivity contribution is -0.134. The molecule has 19 heavy (non-hydrogen) atoms. The minimum Gasteiger partial charge on any atom is -0.477 e. The highest BCUT2D eigenvalue weighted by Crippen LogP contribution is 2.30. The third-order valence-electron chi connectivity index (χ3n) is 2.93. The molecule has 0 spiro atoms. The lowest BCUT2D eigenvalue weighted by Crippen LogP contribution is -2.34. The third-order valence-corrected chi connectivity index (χ3v) is 3.46. The molecule has 6 heteroatoms. The van der Waals surface area contributed by atoms with E-state index in [1.165, 1.54) is 0 Å². The normalized spacial score (nSPS) is 20.5. The van der Waals surface area contributed by atoms with Crippen molar-refractivity contribution >= 4 is 33.8 Å². The molecule has 0 aliphatic carbocycles. The number of rotatable bonds is 2. The minimum atomic E-state index is -0.977. The number of carbonyl (C=O) groups is 1. The van der Waals surface area contributed by atoms with Gasteiger partial charge in [-0.3, -0.25) is 0 Å². The van der Waals surface area contributed by atoms with Gasteiger partial charge in [0.25, 0.3) is 0 Å². The first-order valence-corrected chi connectivity index (χ1v) is 6.44. The maximum absolute atomic E-state index is 11.5. The van der Waals surface area contributed by atoms with E-state index in [-0.39, 0.29) is 12.0 Å². The fourth-order valence-corrected chi connectivity index (χ4v) is 2.36. The summed E-state index contributed by atoms with van der Waals surface area (Å²) < 4.78 is 0.947. The van der Waals surface area contributed by atoms with E-state index in [0.717, 1.165) is 10.0 Å². The fraction of sp³-hybridized carbons (Fsp3) is 0.0769. The van der Waals surface area contributed by atoms with Gasteiger partial charge in [-0.2, -0.15) is 0 Å². The number of benzene rings is 1. The Morgan fingerprint density at radius 3 is 2.79 bits per heavy atom. The third kappa shape index (κ3) is 2.04. The summed E-state index contributed by atoms with van der Waals surface area (Å²) in [5.41, 5.74) is 1.60. The SMILES string of the molecule is O=C(O)C1=C(c2ccc(Br)cc2)NC2N=CC=CN12. The van der Waals surface area contributed by atoms with Crippen molar-refractivity contribution in [1.29, 1.82) is 0 Å². The summed E-state index contributed by atoms with van der Waals surface area (Å²) in [6.07, 6.45) is 4.69. The Morgan fingerprint density at radius 2 is 2.11 bits per heavy atom. The number of aliphatic imine (C=N–C) groups is 1. The zero-order valence-electron chi connectivity index (χ0n) is 9.75. The van der Waals surface area contributed by atoms with E-state index in [1.807, 2.05) is 24.3 Å². The standard InChI is InChI=1S/C13H10BrN3O2/c14-9-4-2-8(3-5-9)10-11(12(18)19)17-7-1-6-15-13(17)16-10/h1-7,13,16H,(H,18,19). The highest BCUT2D eigenvalue weighted by Gasteiger charge is 2.34. The Labute approximate surface area is 118 Å². The molecule has 3 rings (SSSR count). The van der Waals surface area contributed by atoms with Gasteiger partial charge in [-0.1, -0.05) is 28.1 Å². The molecule has 0 radical (unpaired) electrons. The van der Waals surface area contributed by atoms with E-state index < -0.39 is 5.97 Å². The molecule has 2 aliphatic rings. The quantitative estimate of drug-likeness (QED) is 0.875. The van der Waals surface area contributed by atoms with Crippen molar-refractivity contribution in [3.05, 3.63) is 52.3 Å². The maximum Gasteiger partial charge on any atom is 0.354 e. The fourth-order valence-electron chi connectivity index (χ4n) is 2.10. The number of allylic oxidation sites excluding steroid dienone is 1. The molecule has 1 aromatic rings. The first-order valence-electron chi connectivity index (χ1n) is 5.65. The Hall–Kier alpha value is -2.08. The summed E-state index contributed by atoms with van der Waals surface area (Å²) in [6, 6.07) is 7.47. The molecule has 0 saturated heterocycles.